The molecule has 0 heterocycles. The van der Waals surface area contributed by atoms with Crippen LogP contribution in [-0.4, -0.2) is 17.7 Å². The number of hydrogen-bond acceptors (Lipinski definition) is 5. The van der Waals surface area contributed by atoms with Crippen molar-refractivity contribution in [2.75, 3.05) is 12.0 Å². The maximum absolute atomic E-state index is 10.7. The van der Waals surface area contributed by atoms with Gasteiger partial charge in [0.2, 0.25) is 0 Å². The molecule has 132 valence electrons. The second-order valence-corrected chi connectivity index (χ2v) is 6.01. The minimum atomic E-state index is -0.427. The monoisotopic (exact) mass is 341 g/mol. The number of nitro benzene ring substituents is 1. The van der Waals surface area contributed by atoms with Crippen LogP contribution in [0.25, 0.3) is 0 Å². The van der Waals surface area contributed by atoms with Gasteiger partial charge in [-0.25, -0.2) is 0 Å². The number of nitrogens with one attached hydrogen (secondary N) is 1. The number of rotatable bonds is 7. The van der Waals surface area contributed by atoms with Gasteiger partial charge in [-0.05, 0) is 60.7 Å². The second kappa shape index (κ2) is 8.28. The molecular weight excluding hydrogens is 318 g/mol. The third-order valence-electron chi connectivity index (χ3n) is 3.80. The van der Waals surface area contributed by atoms with E-state index in [9.17, 15) is 10.1 Å². The molecule has 0 saturated heterocycles. The van der Waals surface area contributed by atoms with Crippen LogP contribution in [0.5, 0.6) is 5.75 Å². The number of non-ortho nitro benzene ring substituents is 1. The van der Waals surface area contributed by atoms with Crippen LogP contribution in [0.1, 0.15) is 43.4 Å². The van der Waals surface area contributed by atoms with Gasteiger partial charge in [-0.3, -0.25) is 15.5 Å². The highest BCUT2D eigenvalue weighted by atomic mass is 16.6. The van der Waals surface area contributed by atoms with E-state index in [0.717, 1.165) is 22.4 Å². The Morgan fingerprint density at radius 1 is 1.28 bits per heavy atom. The normalized spacial score (nSPS) is 11.1. The molecule has 25 heavy (non-hydrogen) atoms. The summed E-state index contributed by atoms with van der Waals surface area (Å²) in [5.41, 5.74) is 6.85. The number of nitro groups is 1. The largest absolute Gasteiger partial charge is 0.494 e. The van der Waals surface area contributed by atoms with Gasteiger partial charge in [0.1, 0.15) is 5.75 Å². The molecular formula is C19H23N3O3. The molecule has 0 radical (unpaired) electrons. The lowest BCUT2D eigenvalue weighted by atomic mass is 9.97. The van der Waals surface area contributed by atoms with Gasteiger partial charge >= 0.3 is 0 Å². The average molecular weight is 341 g/mol. The first-order chi connectivity index (χ1) is 11.9. The zero-order chi connectivity index (χ0) is 18.4. The number of hydrazone groups is 1. The van der Waals surface area contributed by atoms with Crippen molar-refractivity contribution in [3.8, 4) is 5.75 Å². The van der Waals surface area contributed by atoms with Crippen LogP contribution >= 0.6 is 0 Å². The Morgan fingerprint density at radius 2 is 1.96 bits per heavy atom. The van der Waals surface area contributed by atoms with Crippen LogP contribution in [0.3, 0.4) is 0 Å². The van der Waals surface area contributed by atoms with Crippen LogP contribution in [0.2, 0.25) is 0 Å². The van der Waals surface area contributed by atoms with E-state index in [0.29, 0.717) is 18.2 Å². The molecule has 0 unspecified atom stereocenters. The summed E-state index contributed by atoms with van der Waals surface area (Å²) in [4.78, 5) is 10.2. The van der Waals surface area contributed by atoms with Gasteiger partial charge in [0.25, 0.3) is 5.69 Å². The topological polar surface area (TPSA) is 76.8 Å². The zero-order valence-corrected chi connectivity index (χ0v) is 14.9. The van der Waals surface area contributed by atoms with Gasteiger partial charge in [0.15, 0.2) is 0 Å². The predicted molar refractivity (Wildman–Crippen MR) is 101 cm³/mol. The second-order valence-electron chi connectivity index (χ2n) is 6.01. The van der Waals surface area contributed by atoms with Gasteiger partial charge in [-0.15, -0.1) is 0 Å². The van der Waals surface area contributed by atoms with Crippen LogP contribution in [0.15, 0.2) is 41.5 Å². The van der Waals surface area contributed by atoms with E-state index in [1.807, 2.05) is 19.9 Å². The molecule has 0 aliphatic heterocycles. The molecule has 6 nitrogen and oxygen atoms in total. The molecule has 0 fully saturated rings. The molecule has 0 atom stereocenters. The van der Waals surface area contributed by atoms with E-state index in [2.05, 4.69) is 30.4 Å². The summed E-state index contributed by atoms with van der Waals surface area (Å²) in [5, 5.41) is 14.9. The summed E-state index contributed by atoms with van der Waals surface area (Å²) in [6.07, 6.45) is 1.75. The molecule has 0 spiro atoms. The number of aryl methyl sites for hydroxylation is 1. The summed E-state index contributed by atoms with van der Waals surface area (Å²) in [7, 11) is 0. The molecule has 0 saturated carbocycles. The Bertz CT molecular complexity index is 768. The first kappa shape index (κ1) is 18.4. The Morgan fingerprint density at radius 3 is 2.52 bits per heavy atom. The quantitative estimate of drug-likeness (QED) is 0.443. The van der Waals surface area contributed by atoms with Crippen LogP contribution in [0, 0.1) is 17.0 Å². The van der Waals surface area contributed by atoms with Gasteiger partial charge in [-0.2, -0.15) is 5.10 Å². The Kier molecular flexibility index (Phi) is 6.11. The van der Waals surface area contributed by atoms with Crippen LogP contribution in [0.4, 0.5) is 11.4 Å². The van der Waals surface area contributed by atoms with Crippen molar-refractivity contribution in [3.05, 3.63) is 63.2 Å². The van der Waals surface area contributed by atoms with Crippen molar-refractivity contribution in [1.82, 2.24) is 0 Å². The summed E-state index contributed by atoms with van der Waals surface area (Å²) < 4.78 is 5.72. The minimum absolute atomic E-state index is 0.0541. The molecule has 2 aromatic carbocycles. The predicted octanol–water partition coefficient (Wildman–Crippen LogP) is 4.87. The number of hydrogen-bond donors (Lipinski definition) is 1. The van der Waals surface area contributed by atoms with E-state index >= 15 is 0 Å². The molecule has 0 aliphatic rings. The lowest BCUT2D eigenvalue weighted by Crippen LogP contribution is -2.02. The maximum atomic E-state index is 10.7. The van der Waals surface area contributed by atoms with Crippen LogP contribution < -0.4 is 10.2 Å². The van der Waals surface area contributed by atoms with Crippen molar-refractivity contribution >= 4 is 17.6 Å². The highest BCUT2D eigenvalue weighted by Crippen LogP contribution is 2.29. The molecule has 6 heteroatoms. The SMILES string of the molecule is CCOc1cc(C)c(/C=N/Nc2ccc([N+](=O)[O-])cc2)cc1C(C)C. The Hall–Kier alpha value is -2.89. The van der Waals surface area contributed by atoms with Gasteiger partial charge in [-0.1, -0.05) is 13.8 Å². The third-order valence-corrected chi connectivity index (χ3v) is 3.80. The molecule has 1 N–H and O–H groups in total. The van der Waals surface area contributed by atoms with E-state index in [1.54, 1.807) is 18.3 Å². The van der Waals surface area contributed by atoms with E-state index < -0.39 is 4.92 Å². The average Bonchev–Trinajstić information content (AvgIpc) is 2.57. The fourth-order valence-electron chi connectivity index (χ4n) is 2.42. The summed E-state index contributed by atoms with van der Waals surface area (Å²) in [5.74, 6) is 1.26. The fourth-order valence-corrected chi connectivity index (χ4v) is 2.42. The summed E-state index contributed by atoms with van der Waals surface area (Å²) in [6.45, 7) is 8.88. The summed E-state index contributed by atoms with van der Waals surface area (Å²) >= 11 is 0. The van der Waals surface area contributed by atoms with Gasteiger partial charge in [0.05, 0.1) is 23.4 Å². The number of nitrogens with zero attached hydrogens (tertiary/aromatic N) is 2. The molecule has 2 aromatic rings. The Labute approximate surface area is 147 Å². The van der Waals surface area contributed by atoms with E-state index in [4.69, 9.17) is 4.74 Å². The molecule has 0 aliphatic carbocycles. The molecule has 0 aromatic heterocycles. The number of ether oxygens (including phenoxy) is 1. The summed E-state index contributed by atoms with van der Waals surface area (Å²) in [6, 6.07) is 10.3. The van der Waals surface area contributed by atoms with E-state index in [1.165, 1.54) is 12.1 Å². The highest BCUT2D eigenvalue weighted by molar-refractivity contribution is 5.83. The van der Waals surface area contributed by atoms with Crippen molar-refractivity contribution in [3.63, 3.8) is 0 Å². The van der Waals surface area contributed by atoms with Crippen molar-refractivity contribution < 1.29 is 9.66 Å². The highest BCUT2D eigenvalue weighted by Gasteiger charge is 2.11. The van der Waals surface area contributed by atoms with Gasteiger partial charge in [0, 0.05) is 12.1 Å². The van der Waals surface area contributed by atoms with Crippen molar-refractivity contribution in [1.29, 1.82) is 0 Å². The smallest absolute Gasteiger partial charge is 0.269 e. The Balaban J connectivity index is 2.17. The van der Waals surface area contributed by atoms with Gasteiger partial charge < -0.3 is 4.74 Å². The van der Waals surface area contributed by atoms with Crippen LogP contribution in [-0.2, 0) is 0 Å². The molecule has 2 rings (SSSR count). The number of benzene rings is 2. The maximum Gasteiger partial charge on any atom is 0.269 e. The third kappa shape index (κ3) is 4.79. The zero-order valence-electron chi connectivity index (χ0n) is 14.9. The molecule has 0 bridgehead atoms. The fraction of sp³-hybridized carbons (Fsp3) is 0.316. The lowest BCUT2D eigenvalue weighted by molar-refractivity contribution is -0.384. The van der Waals surface area contributed by atoms with E-state index in [-0.39, 0.29) is 5.69 Å². The first-order valence-corrected chi connectivity index (χ1v) is 8.23. The first-order valence-electron chi connectivity index (χ1n) is 8.23. The lowest BCUT2D eigenvalue weighted by Gasteiger charge is -2.15. The molecule has 0 amide bonds. The standard InChI is InChI=1S/C19H23N3O3/c1-5-25-19-10-14(4)15(11-18(19)13(2)3)12-20-21-16-6-8-17(9-7-16)22(23)24/h6-13,21H,5H2,1-4H3/b20-12+. The number of anilines is 1. The van der Waals surface area contributed by atoms with Crippen molar-refractivity contribution in [2.45, 2.75) is 33.6 Å². The minimum Gasteiger partial charge on any atom is -0.494 e. The van der Waals surface area contributed by atoms with Crippen molar-refractivity contribution in [2.24, 2.45) is 5.10 Å².